The predicted octanol–water partition coefficient (Wildman–Crippen LogP) is 3.78. The second-order valence-electron chi connectivity index (χ2n) is 7.63. The molecule has 2 saturated heterocycles. The molecule has 0 bridgehead atoms. The number of aryl methyl sites for hydroxylation is 1. The van der Waals surface area contributed by atoms with Crippen LogP contribution < -0.4 is 5.32 Å². The fraction of sp³-hybridized carbons (Fsp3) is 0.682. The molecular weight excluding hydrogens is 465 g/mol. The van der Waals surface area contributed by atoms with Gasteiger partial charge in [-0.2, -0.15) is 0 Å². The number of rotatable bonds is 7. The van der Waals surface area contributed by atoms with Crippen molar-refractivity contribution in [2.24, 2.45) is 4.99 Å². The molecule has 2 aliphatic rings. The van der Waals surface area contributed by atoms with Gasteiger partial charge in [0.15, 0.2) is 5.96 Å². The van der Waals surface area contributed by atoms with Gasteiger partial charge in [0.25, 0.3) is 0 Å². The Morgan fingerprint density at radius 1 is 1.21 bits per heavy atom. The molecule has 0 aliphatic carbocycles. The van der Waals surface area contributed by atoms with Crippen LogP contribution in [-0.4, -0.2) is 62.5 Å². The molecule has 6 heteroatoms. The molecule has 3 rings (SSSR count). The Hall–Kier alpha value is -0.860. The first kappa shape index (κ1) is 23.4. The molecule has 0 radical (unpaired) electrons. The number of nitrogens with one attached hydrogen (secondary N) is 1. The van der Waals surface area contributed by atoms with Gasteiger partial charge in [0, 0.05) is 32.8 Å². The smallest absolute Gasteiger partial charge is 0.193 e. The number of halogens is 1. The van der Waals surface area contributed by atoms with E-state index in [4.69, 9.17) is 14.5 Å². The molecule has 0 aromatic heterocycles. The van der Waals surface area contributed by atoms with Gasteiger partial charge in [0.2, 0.25) is 0 Å². The zero-order chi connectivity index (χ0) is 18.9. The third-order valence-corrected chi connectivity index (χ3v) is 5.40. The summed E-state index contributed by atoms with van der Waals surface area (Å²) in [4.78, 5) is 7.24. The highest BCUT2D eigenvalue weighted by atomic mass is 127. The topological polar surface area (TPSA) is 46.1 Å². The molecule has 1 atom stereocenters. The Kier molecular flexibility index (Phi) is 10.6. The highest BCUT2D eigenvalue weighted by Gasteiger charge is 2.24. The molecule has 2 heterocycles. The molecule has 1 N–H and O–H groups in total. The van der Waals surface area contributed by atoms with Crippen molar-refractivity contribution >= 4 is 29.9 Å². The van der Waals surface area contributed by atoms with E-state index in [0.717, 1.165) is 71.0 Å². The largest absolute Gasteiger partial charge is 0.376 e. The second kappa shape index (κ2) is 12.6. The number of piperidine rings is 1. The fourth-order valence-corrected chi connectivity index (χ4v) is 3.72. The van der Waals surface area contributed by atoms with Crippen LogP contribution in [0.15, 0.2) is 29.3 Å². The van der Waals surface area contributed by atoms with Gasteiger partial charge in [-0.3, -0.25) is 4.99 Å². The van der Waals surface area contributed by atoms with E-state index >= 15 is 0 Å². The first-order valence-electron chi connectivity index (χ1n) is 10.6. The van der Waals surface area contributed by atoms with Crippen molar-refractivity contribution in [1.29, 1.82) is 0 Å². The number of ether oxygens (including phenoxy) is 2. The normalized spacial score (nSPS) is 20.9. The zero-order valence-electron chi connectivity index (χ0n) is 17.4. The Bertz CT molecular complexity index is 580. The predicted molar refractivity (Wildman–Crippen MR) is 126 cm³/mol. The van der Waals surface area contributed by atoms with Crippen molar-refractivity contribution in [2.45, 2.75) is 58.2 Å². The van der Waals surface area contributed by atoms with Crippen LogP contribution in [0.3, 0.4) is 0 Å². The quantitative estimate of drug-likeness (QED) is 0.351. The van der Waals surface area contributed by atoms with Crippen LogP contribution in [0.1, 0.15) is 43.7 Å². The minimum absolute atomic E-state index is 0. The SMILES string of the molecule is CCNC(=NCCc1ccc(C)cc1)N1CCC(OCC2CCCO2)CC1.I. The molecule has 1 aromatic carbocycles. The van der Waals surface area contributed by atoms with Crippen molar-refractivity contribution in [2.75, 3.05) is 39.4 Å². The Morgan fingerprint density at radius 2 is 1.96 bits per heavy atom. The van der Waals surface area contributed by atoms with Crippen LogP contribution in [0.5, 0.6) is 0 Å². The van der Waals surface area contributed by atoms with Crippen LogP contribution >= 0.6 is 24.0 Å². The number of aliphatic imine (C=N–C) groups is 1. The average Bonchev–Trinajstić information content (AvgIpc) is 3.21. The third-order valence-electron chi connectivity index (χ3n) is 5.40. The molecule has 1 aromatic rings. The minimum atomic E-state index is 0. The number of likely N-dealkylation sites (tertiary alicyclic amines) is 1. The highest BCUT2D eigenvalue weighted by molar-refractivity contribution is 14.0. The van der Waals surface area contributed by atoms with Gasteiger partial charge in [-0.1, -0.05) is 29.8 Å². The van der Waals surface area contributed by atoms with Crippen LogP contribution in [0.25, 0.3) is 0 Å². The maximum absolute atomic E-state index is 6.09. The summed E-state index contributed by atoms with van der Waals surface area (Å²) in [6, 6.07) is 8.75. The monoisotopic (exact) mass is 501 g/mol. The lowest BCUT2D eigenvalue weighted by Gasteiger charge is -2.34. The lowest BCUT2D eigenvalue weighted by Crippen LogP contribution is -2.47. The van der Waals surface area contributed by atoms with Crippen LogP contribution in [-0.2, 0) is 15.9 Å². The van der Waals surface area contributed by atoms with Gasteiger partial charge >= 0.3 is 0 Å². The molecule has 0 saturated carbocycles. The summed E-state index contributed by atoms with van der Waals surface area (Å²) < 4.78 is 11.7. The van der Waals surface area contributed by atoms with Crippen LogP contribution in [0.4, 0.5) is 0 Å². The van der Waals surface area contributed by atoms with E-state index in [9.17, 15) is 0 Å². The Morgan fingerprint density at radius 3 is 2.61 bits per heavy atom. The summed E-state index contributed by atoms with van der Waals surface area (Å²) in [7, 11) is 0. The van der Waals surface area contributed by atoms with Crippen molar-refractivity contribution in [3.63, 3.8) is 0 Å². The van der Waals surface area contributed by atoms with E-state index in [1.54, 1.807) is 0 Å². The van der Waals surface area contributed by atoms with Crippen molar-refractivity contribution in [3.8, 4) is 0 Å². The van der Waals surface area contributed by atoms with Gasteiger partial charge in [-0.25, -0.2) is 0 Å². The van der Waals surface area contributed by atoms with Gasteiger partial charge in [0.1, 0.15) is 0 Å². The van der Waals surface area contributed by atoms with Crippen molar-refractivity contribution in [3.05, 3.63) is 35.4 Å². The number of guanidine groups is 1. The molecule has 2 fully saturated rings. The summed E-state index contributed by atoms with van der Waals surface area (Å²) in [5, 5.41) is 3.45. The highest BCUT2D eigenvalue weighted by Crippen LogP contribution is 2.18. The first-order valence-corrected chi connectivity index (χ1v) is 10.6. The second-order valence-corrected chi connectivity index (χ2v) is 7.63. The minimum Gasteiger partial charge on any atom is -0.376 e. The molecule has 28 heavy (non-hydrogen) atoms. The number of benzene rings is 1. The maximum atomic E-state index is 6.09. The van der Waals surface area contributed by atoms with Gasteiger partial charge < -0.3 is 19.7 Å². The summed E-state index contributed by atoms with van der Waals surface area (Å²) >= 11 is 0. The van der Waals surface area contributed by atoms with E-state index in [0.29, 0.717) is 12.2 Å². The molecule has 2 aliphatic heterocycles. The molecule has 5 nitrogen and oxygen atoms in total. The molecule has 0 amide bonds. The van der Waals surface area contributed by atoms with Gasteiger partial charge in [-0.05, 0) is 51.5 Å². The lowest BCUT2D eigenvalue weighted by atomic mass is 10.1. The maximum Gasteiger partial charge on any atom is 0.193 e. The summed E-state index contributed by atoms with van der Waals surface area (Å²) in [6.45, 7) is 9.65. The summed E-state index contributed by atoms with van der Waals surface area (Å²) in [5.74, 6) is 1.04. The van der Waals surface area contributed by atoms with Crippen LogP contribution in [0.2, 0.25) is 0 Å². The van der Waals surface area contributed by atoms with Gasteiger partial charge in [-0.15, -0.1) is 24.0 Å². The first-order chi connectivity index (χ1) is 13.2. The standard InChI is InChI=1S/C22H35N3O2.HI/c1-3-23-22(24-13-10-19-8-6-18(2)7-9-19)25-14-11-20(12-15-25)27-17-21-5-4-16-26-21;/h6-9,20-21H,3-5,10-17H2,1-2H3,(H,23,24);1H. The van der Waals surface area contributed by atoms with Crippen molar-refractivity contribution in [1.82, 2.24) is 10.2 Å². The fourth-order valence-electron chi connectivity index (χ4n) is 3.72. The number of hydrogen-bond acceptors (Lipinski definition) is 3. The molecule has 0 spiro atoms. The molecular formula is C22H36IN3O2. The average molecular weight is 501 g/mol. The van der Waals surface area contributed by atoms with Crippen LogP contribution in [0, 0.1) is 6.92 Å². The van der Waals surface area contributed by atoms with E-state index in [-0.39, 0.29) is 24.0 Å². The molecule has 158 valence electrons. The Balaban J connectivity index is 0.00000280. The van der Waals surface area contributed by atoms with Crippen molar-refractivity contribution < 1.29 is 9.47 Å². The molecule has 1 unspecified atom stereocenters. The number of nitrogens with zero attached hydrogens (tertiary/aromatic N) is 2. The van der Waals surface area contributed by atoms with E-state index in [1.807, 2.05) is 0 Å². The van der Waals surface area contributed by atoms with E-state index in [2.05, 4.69) is 48.3 Å². The van der Waals surface area contributed by atoms with E-state index in [1.165, 1.54) is 17.5 Å². The van der Waals surface area contributed by atoms with Gasteiger partial charge in [0.05, 0.1) is 18.8 Å². The zero-order valence-corrected chi connectivity index (χ0v) is 19.7. The number of hydrogen-bond donors (Lipinski definition) is 1. The Labute approximate surface area is 187 Å². The van der Waals surface area contributed by atoms with E-state index < -0.39 is 0 Å². The summed E-state index contributed by atoms with van der Waals surface area (Å²) in [5.41, 5.74) is 2.65. The lowest BCUT2D eigenvalue weighted by molar-refractivity contribution is -0.0367. The summed E-state index contributed by atoms with van der Waals surface area (Å²) in [6.07, 6.45) is 6.12. The third kappa shape index (κ3) is 7.52.